The second kappa shape index (κ2) is 5.88. The maximum atomic E-state index is 10.8. The van der Waals surface area contributed by atoms with E-state index >= 15 is 0 Å². The van der Waals surface area contributed by atoms with Gasteiger partial charge in [0.15, 0.2) is 0 Å². The minimum atomic E-state index is -0.959. The zero-order valence-electron chi connectivity index (χ0n) is 11.5. The summed E-state index contributed by atoms with van der Waals surface area (Å²) in [6, 6.07) is 7.59. The molecule has 1 aromatic carbocycles. The molecule has 0 radical (unpaired) electrons. The summed E-state index contributed by atoms with van der Waals surface area (Å²) >= 11 is 1.48. The first-order valence-corrected chi connectivity index (χ1v) is 6.87. The number of hydrogen-bond donors (Lipinski definition) is 1. The minimum Gasteiger partial charge on any atom is -0.496 e. The molecule has 2 rings (SSSR count). The molecule has 0 aliphatic carbocycles. The third kappa shape index (κ3) is 2.88. The van der Waals surface area contributed by atoms with Crippen molar-refractivity contribution in [1.82, 2.24) is 4.98 Å². The normalized spacial score (nSPS) is 11.4. The largest absolute Gasteiger partial charge is 0.496 e. The van der Waals surface area contributed by atoms with Gasteiger partial charge >= 0.3 is 5.97 Å². The quantitative estimate of drug-likeness (QED) is 0.873. The maximum Gasteiger partial charge on any atom is 0.328 e. The number of ether oxygens (including phenoxy) is 1. The van der Waals surface area contributed by atoms with Gasteiger partial charge in [0.2, 0.25) is 0 Å². The molecule has 0 bridgehead atoms. The van der Waals surface area contributed by atoms with Crippen LogP contribution in [0.3, 0.4) is 0 Å². The number of hydrogen-bond acceptors (Lipinski definition) is 4. The Labute approximate surface area is 121 Å². The van der Waals surface area contributed by atoms with Gasteiger partial charge in [0, 0.05) is 11.6 Å². The van der Waals surface area contributed by atoms with Gasteiger partial charge < -0.3 is 9.84 Å². The van der Waals surface area contributed by atoms with Crippen molar-refractivity contribution in [2.75, 3.05) is 7.11 Å². The molecule has 1 N–H and O–H groups in total. The number of rotatable bonds is 4. The molecule has 1 aromatic heterocycles. The molecular weight excluding hydrogens is 274 g/mol. The van der Waals surface area contributed by atoms with Crippen LogP contribution < -0.4 is 4.74 Å². The summed E-state index contributed by atoms with van der Waals surface area (Å²) in [4.78, 5) is 16.2. The van der Waals surface area contributed by atoms with Crippen molar-refractivity contribution < 1.29 is 14.6 Å². The first-order valence-electron chi connectivity index (χ1n) is 6.05. The van der Waals surface area contributed by atoms with Gasteiger partial charge in [0.1, 0.15) is 5.75 Å². The molecule has 2 aromatic rings. The number of carboxylic acid groups (broad SMARTS) is 1. The molecule has 0 fully saturated rings. The van der Waals surface area contributed by atoms with Gasteiger partial charge in [-0.15, -0.1) is 11.3 Å². The molecule has 0 amide bonds. The topological polar surface area (TPSA) is 59.4 Å². The fraction of sp³-hybridized carbons (Fsp3) is 0.200. The monoisotopic (exact) mass is 289 g/mol. The Kier molecular flexibility index (Phi) is 4.20. The molecule has 20 heavy (non-hydrogen) atoms. The summed E-state index contributed by atoms with van der Waals surface area (Å²) < 4.78 is 5.35. The van der Waals surface area contributed by atoms with E-state index in [0.29, 0.717) is 5.57 Å². The number of nitrogens with zero attached hydrogens (tertiary/aromatic N) is 1. The first-order chi connectivity index (χ1) is 9.52. The molecule has 0 aliphatic rings. The summed E-state index contributed by atoms with van der Waals surface area (Å²) in [5.74, 6) is -0.235. The highest BCUT2D eigenvalue weighted by Gasteiger charge is 2.16. The molecule has 0 saturated heterocycles. The van der Waals surface area contributed by atoms with E-state index in [1.165, 1.54) is 17.4 Å². The standard InChI is InChI=1S/C15H15NO3S/c1-9(8-13(17)18)15-14(16-10(2)20-15)11-6-4-5-7-12(11)19-3/h4-8H,1-3H3,(H,17,18)/b9-8+. The van der Waals surface area contributed by atoms with Crippen molar-refractivity contribution in [2.45, 2.75) is 13.8 Å². The van der Waals surface area contributed by atoms with Crippen LogP contribution in [0.1, 0.15) is 16.8 Å². The Morgan fingerprint density at radius 1 is 1.40 bits per heavy atom. The highest BCUT2D eigenvalue weighted by atomic mass is 32.1. The van der Waals surface area contributed by atoms with E-state index in [2.05, 4.69) is 4.98 Å². The van der Waals surface area contributed by atoms with E-state index < -0.39 is 5.97 Å². The number of aromatic nitrogens is 1. The number of thiazole rings is 1. The van der Waals surface area contributed by atoms with E-state index in [0.717, 1.165) is 26.9 Å². The first kappa shape index (κ1) is 14.3. The molecule has 0 spiro atoms. The number of allylic oxidation sites excluding steroid dienone is 1. The summed E-state index contributed by atoms with van der Waals surface area (Å²) in [6.07, 6.45) is 1.20. The Morgan fingerprint density at radius 2 is 2.10 bits per heavy atom. The third-order valence-electron chi connectivity index (χ3n) is 2.79. The molecule has 0 saturated carbocycles. The molecule has 0 unspecified atom stereocenters. The Balaban J connectivity index is 2.61. The van der Waals surface area contributed by atoms with Crippen LogP contribution in [-0.4, -0.2) is 23.2 Å². The average Bonchev–Trinajstić information content (AvgIpc) is 2.80. The predicted molar refractivity (Wildman–Crippen MR) is 80.1 cm³/mol. The van der Waals surface area contributed by atoms with Gasteiger partial charge in [0.05, 0.1) is 22.7 Å². The predicted octanol–water partition coefficient (Wildman–Crippen LogP) is 3.62. The molecule has 1 heterocycles. The SMILES string of the molecule is COc1ccccc1-c1nc(C)sc1/C(C)=C/C(=O)O. The Bertz CT molecular complexity index is 674. The zero-order valence-corrected chi connectivity index (χ0v) is 12.3. The van der Waals surface area contributed by atoms with Crippen molar-refractivity contribution in [3.05, 3.63) is 40.2 Å². The van der Waals surface area contributed by atoms with Crippen LogP contribution in [0.4, 0.5) is 0 Å². The van der Waals surface area contributed by atoms with Crippen molar-refractivity contribution in [3.63, 3.8) is 0 Å². The van der Waals surface area contributed by atoms with E-state index in [9.17, 15) is 4.79 Å². The second-order valence-electron chi connectivity index (χ2n) is 4.28. The van der Waals surface area contributed by atoms with Gasteiger partial charge in [-0.3, -0.25) is 0 Å². The van der Waals surface area contributed by atoms with Crippen LogP contribution in [0.5, 0.6) is 5.75 Å². The van der Waals surface area contributed by atoms with Gasteiger partial charge in [-0.1, -0.05) is 12.1 Å². The molecule has 4 nitrogen and oxygen atoms in total. The van der Waals surface area contributed by atoms with Crippen LogP contribution in [0.25, 0.3) is 16.8 Å². The van der Waals surface area contributed by atoms with Gasteiger partial charge in [-0.05, 0) is 31.6 Å². The van der Waals surface area contributed by atoms with Crippen LogP contribution >= 0.6 is 11.3 Å². The number of para-hydroxylation sites is 1. The lowest BCUT2D eigenvalue weighted by Crippen LogP contribution is -1.92. The van der Waals surface area contributed by atoms with Crippen molar-refractivity contribution in [2.24, 2.45) is 0 Å². The van der Waals surface area contributed by atoms with Crippen LogP contribution in [0.15, 0.2) is 30.3 Å². The molecular formula is C15H15NO3S. The fourth-order valence-corrected chi connectivity index (χ4v) is 2.87. The average molecular weight is 289 g/mol. The number of carboxylic acids is 1. The van der Waals surface area contributed by atoms with E-state index in [-0.39, 0.29) is 0 Å². The maximum absolute atomic E-state index is 10.8. The molecule has 0 aliphatic heterocycles. The smallest absolute Gasteiger partial charge is 0.328 e. The Morgan fingerprint density at radius 3 is 2.75 bits per heavy atom. The van der Waals surface area contributed by atoms with Gasteiger partial charge in [-0.25, -0.2) is 9.78 Å². The number of benzene rings is 1. The van der Waals surface area contributed by atoms with Gasteiger partial charge in [0.25, 0.3) is 0 Å². The van der Waals surface area contributed by atoms with E-state index in [4.69, 9.17) is 9.84 Å². The van der Waals surface area contributed by atoms with E-state index in [1.54, 1.807) is 14.0 Å². The summed E-state index contributed by atoms with van der Waals surface area (Å²) in [6.45, 7) is 3.68. The lowest BCUT2D eigenvalue weighted by molar-refractivity contribution is -0.131. The van der Waals surface area contributed by atoms with Gasteiger partial charge in [-0.2, -0.15) is 0 Å². The number of methoxy groups -OCH3 is 1. The highest BCUT2D eigenvalue weighted by molar-refractivity contribution is 7.13. The van der Waals surface area contributed by atoms with Crippen LogP contribution in [0.2, 0.25) is 0 Å². The van der Waals surface area contributed by atoms with Crippen molar-refractivity contribution >= 4 is 22.9 Å². The molecule has 104 valence electrons. The van der Waals surface area contributed by atoms with Crippen molar-refractivity contribution in [3.8, 4) is 17.0 Å². The number of carbonyl (C=O) groups is 1. The molecule has 0 atom stereocenters. The van der Waals surface area contributed by atoms with Crippen LogP contribution in [-0.2, 0) is 4.79 Å². The summed E-state index contributed by atoms with van der Waals surface area (Å²) in [5.41, 5.74) is 2.32. The fourth-order valence-electron chi connectivity index (χ4n) is 1.97. The lowest BCUT2D eigenvalue weighted by atomic mass is 10.1. The third-order valence-corrected chi connectivity index (χ3v) is 3.90. The minimum absolute atomic E-state index is 0.684. The second-order valence-corrected chi connectivity index (χ2v) is 5.48. The summed E-state index contributed by atoms with van der Waals surface area (Å²) in [7, 11) is 1.61. The summed E-state index contributed by atoms with van der Waals surface area (Å²) in [5, 5.41) is 9.79. The number of aliphatic carboxylic acids is 1. The Hall–Kier alpha value is -2.14. The van der Waals surface area contributed by atoms with Crippen LogP contribution in [0, 0.1) is 6.92 Å². The molecule has 5 heteroatoms. The van der Waals surface area contributed by atoms with Crippen molar-refractivity contribution in [1.29, 1.82) is 0 Å². The zero-order chi connectivity index (χ0) is 14.7. The number of aryl methyl sites for hydroxylation is 1. The van der Waals surface area contributed by atoms with E-state index in [1.807, 2.05) is 31.2 Å². The lowest BCUT2D eigenvalue weighted by Gasteiger charge is -2.08. The highest BCUT2D eigenvalue weighted by Crippen LogP contribution is 2.37.